The molecule has 1 aliphatic rings. The highest BCUT2D eigenvalue weighted by Crippen LogP contribution is 2.54. The summed E-state index contributed by atoms with van der Waals surface area (Å²) in [6.45, 7) is 4.43. The molecule has 3 rings (SSSR count). The van der Waals surface area contributed by atoms with Crippen LogP contribution in [0.15, 0.2) is 48.5 Å². The lowest BCUT2D eigenvalue weighted by Crippen LogP contribution is -2.50. The summed E-state index contributed by atoms with van der Waals surface area (Å²) in [5.41, 5.74) is 1.69. The number of ether oxygens (including phenoxy) is 1. The Hall–Kier alpha value is -1.89. The van der Waals surface area contributed by atoms with E-state index in [1.807, 2.05) is 13.8 Å². The summed E-state index contributed by atoms with van der Waals surface area (Å²) < 4.78 is 26.9. The Labute approximate surface area is 175 Å². The van der Waals surface area contributed by atoms with E-state index in [1.165, 1.54) is 0 Å². The van der Waals surface area contributed by atoms with E-state index in [0.717, 1.165) is 0 Å². The van der Waals surface area contributed by atoms with E-state index in [2.05, 4.69) is 0 Å². The molecule has 1 fully saturated rings. The normalized spacial score (nSPS) is 21.0. The number of carbonyl (C=O) groups is 1. The first kappa shape index (κ1) is 21.8. The molecule has 29 heavy (non-hydrogen) atoms. The average molecular weight is 439 g/mol. The van der Waals surface area contributed by atoms with Crippen molar-refractivity contribution in [2.45, 2.75) is 26.3 Å². The number of hydrogen-bond acceptors (Lipinski definition) is 5. The van der Waals surface area contributed by atoms with Crippen LogP contribution in [0, 0.1) is 5.92 Å². The Morgan fingerprint density at radius 1 is 1.17 bits per heavy atom. The molecule has 2 atom stereocenters. The van der Waals surface area contributed by atoms with Crippen molar-refractivity contribution in [2.75, 3.05) is 13.2 Å². The molecule has 0 bridgehead atoms. The Balaban J connectivity index is 1.86. The zero-order chi connectivity index (χ0) is 21.0. The first-order valence-electron chi connectivity index (χ1n) is 9.35. The van der Waals surface area contributed by atoms with Crippen molar-refractivity contribution in [3.05, 3.63) is 53.6 Å². The number of carbonyl (C=O) groups excluding carboxylic acids is 1. The van der Waals surface area contributed by atoms with Crippen molar-refractivity contribution in [3.8, 4) is 11.5 Å². The fourth-order valence-corrected chi connectivity index (χ4v) is 6.06. The van der Waals surface area contributed by atoms with Crippen LogP contribution in [-0.4, -0.2) is 35.0 Å². The second kappa shape index (κ2) is 9.28. The van der Waals surface area contributed by atoms with E-state index >= 15 is 0 Å². The third-order valence-electron chi connectivity index (χ3n) is 4.68. The van der Waals surface area contributed by atoms with Gasteiger partial charge < -0.3 is 9.26 Å². The highest BCUT2D eigenvalue weighted by atomic mass is 35.5. The molecular formula is C20H24ClN2O5P. The van der Waals surface area contributed by atoms with Crippen LogP contribution in [0.5, 0.6) is 11.5 Å². The molecule has 156 valence electrons. The van der Waals surface area contributed by atoms with Crippen LogP contribution in [0.2, 0.25) is 5.02 Å². The van der Waals surface area contributed by atoms with Gasteiger partial charge in [0.2, 0.25) is 0 Å². The third-order valence-corrected chi connectivity index (χ3v) is 7.54. The van der Waals surface area contributed by atoms with Gasteiger partial charge in [-0.3, -0.25) is 14.6 Å². The van der Waals surface area contributed by atoms with Crippen LogP contribution < -0.4 is 15.5 Å². The molecule has 0 aliphatic carbocycles. The molecule has 2 aromatic rings. The monoisotopic (exact) mass is 438 g/mol. The zero-order valence-electron chi connectivity index (χ0n) is 16.2. The van der Waals surface area contributed by atoms with Crippen LogP contribution >= 0.6 is 19.1 Å². The number of amides is 1. The Bertz CT molecular complexity index is 889. The van der Waals surface area contributed by atoms with Gasteiger partial charge in [-0.05, 0) is 60.9 Å². The van der Waals surface area contributed by atoms with Crippen molar-refractivity contribution in [3.63, 3.8) is 0 Å². The third kappa shape index (κ3) is 4.82. The molecule has 1 saturated heterocycles. The predicted molar refractivity (Wildman–Crippen MR) is 111 cm³/mol. The van der Waals surface area contributed by atoms with Gasteiger partial charge in [0.25, 0.3) is 5.91 Å². The van der Waals surface area contributed by atoms with Gasteiger partial charge in [-0.2, -0.15) is 0 Å². The van der Waals surface area contributed by atoms with E-state index in [0.29, 0.717) is 41.4 Å². The first-order valence-corrected chi connectivity index (χ1v) is 11.3. The minimum atomic E-state index is -3.47. The lowest BCUT2D eigenvalue weighted by molar-refractivity contribution is -0.135. The largest absolute Gasteiger partial charge is 0.457 e. The molecule has 2 aromatic carbocycles. The molecule has 0 spiro atoms. The Morgan fingerprint density at radius 3 is 2.31 bits per heavy atom. The van der Waals surface area contributed by atoms with E-state index in [9.17, 15) is 9.36 Å². The summed E-state index contributed by atoms with van der Waals surface area (Å²) in [5, 5.41) is 10.2. The molecule has 1 heterocycles. The summed E-state index contributed by atoms with van der Waals surface area (Å²) in [4.78, 5) is 12.2. The highest BCUT2D eigenvalue weighted by molar-refractivity contribution is 7.64. The van der Waals surface area contributed by atoms with Gasteiger partial charge in [0.15, 0.2) is 0 Å². The van der Waals surface area contributed by atoms with Gasteiger partial charge >= 0.3 is 7.52 Å². The van der Waals surface area contributed by atoms with Crippen LogP contribution in [-0.2, 0) is 13.9 Å². The topological polar surface area (TPSA) is 88.1 Å². The molecule has 1 amide bonds. The molecule has 0 saturated carbocycles. The second-order valence-corrected chi connectivity index (χ2v) is 9.85. The van der Waals surface area contributed by atoms with E-state index in [1.54, 1.807) is 58.7 Å². The maximum Gasteiger partial charge on any atom is 0.303 e. The van der Waals surface area contributed by atoms with Gasteiger partial charge in [0, 0.05) is 11.6 Å². The average Bonchev–Trinajstić information content (AvgIpc) is 2.71. The molecule has 1 unspecified atom stereocenters. The molecular weight excluding hydrogens is 415 g/mol. The number of nitrogens with zero attached hydrogens (tertiary/aromatic N) is 1. The summed E-state index contributed by atoms with van der Waals surface area (Å²) in [5.74, 6) is 0.418. The van der Waals surface area contributed by atoms with E-state index in [-0.39, 0.29) is 5.92 Å². The molecule has 0 radical (unpaired) electrons. The van der Waals surface area contributed by atoms with Crippen molar-refractivity contribution < 1.29 is 23.8 Å². The maximum atomic E-state index is 13.8. The minimum Gasteiger partial charge on any atom is -0.457 e. The molecule has 0 aromatic heterocycles. The van der Waals surface area contributed by atoms with Gasteiger partial charge in [-0.15, -0.1) is 0 Å². The quantitative estimate of drug-likeness (QED) is 0.399. The van der Waals surface area contributed by atoms with Crippen LogP contribution in [0.25, 0.3) is 0 Å². The predicted octanol–water partition coefficient (Wildman–Crippen LogP) is 4.20. The van der Waals surface area contributed by atoms with Crippen molar-refractivity contribution in [1.29, 1.82) is 0 Å². The summed E-state index contributed by atoms with van der Waals surface area (Å²) in [6, 6.07) is 13.0. The van der Waals surface area contributed by atoms with Gasteiger partial charge in [-0.25, -0.2) is 10.2 Å². The molecule has 9 heteroatoms. The summed E-state index contributed by atoms with van der Waals surface area (Å²) >= 11 is 5.88. The molecule has 2 N–H and O–H groups in total. The Morgan fingerprint density at radius 2 is 1.76 bits per heavy atom. The SMILES string of the molecule is CC(C)[C@H](C(=O)NO)N1CCCOP1(=O)c1ccc(Oc2ccc(Cl)cc2)cc1. The minimum absolute atomic E-state index is 0.176. The van der Waals surface area contributed by atoms with Gasteiger partial charge in [0.1, 0.15) is 17.5 Å². The van der Waals surface area contributed by atoms with E-state index < -0.39 is 19.5 Å². The van der Waals surface area contributed by atoms with Crippen molar-refractivity contribution in [2.24, 2.45) is 5.92 Å². The lowest BCUT2D eigenvalue weighted by Gasteiger charge is -2.40. The van der Waals surface area contributed by atoms with Crippen LogP contribution in [0.3, 0.4) is 0 Å². The van der Waals surface area contributed by atoms with Gasteiger partial charge in [0.05, 0.1) is 11.9 Å². The highest BCUT2D eigenvalue weighted by Gasteiger charge is 2.44. The van der Waals surface area contributed by atoms with Crippen molar-refractivity contribution >= 4 is 30.3 Å². The smallest absolute Gasteiger partial charge is 0.303 e. The number of nitrogens with one attached hydrogen (secondary N) is 1. The summed E-state index contributed by atoms with van der Waals surface area (Å²) in [6.07, 6.45) is 0.643. The zero-order valence-corrected chi connectivity index (χ0v) is 17.9. The summed E-state index contributed by atoms with van der Waals surface area (Å²) in [7, 11) is -3.47. The molecule has 7 nitrogen and oxygen atoms in total. The van der Waals surface area contributed by atoms with Gasteiger partial charge in [-0.1, -0.05) is 25.4 Å². The standard InChI is InChI=1S/C20H24ClN2O5P/c1-14(2)19(20(24)22-25)23-12-3-13-27-29(23,26)18-10-8-17(9-11-18)28-16-6-4-15(21)5-7-16/h4-11,14,19,25H,3,12-13H2,1-2H3,(H,22,24)/t19-,29?/m1/s1. The molecule has 1 aliphatic heterocycles. The number of benzene rings is 2. The fraction of sp³-hybridized carbons (Fsp3) is 0.350. The number of hydroxylamine groups is 1. The van der Waals surface area contributed by atoms with Crippen LogP contribution in [0.4, 0.5) is 0 Å². The lowest BCUT2D eigenvalue weighted by atomic mass is 10.0. The maximum absolute atomic E-state index is 13.8. The number of hydrogen-bond donors (Lipinski definition) is 2. The first-order chi connectivity index (χ1) is 13.8. The van der Waals surface area contributed by atoms with E-state index in [4.69, 9.17) is 26.1 Å². The second-order valence-electron chi connectivity index (χ2n) is 7.09. The Kier molecular flexibility index (Phi) is 6.98. The van der Waals surface area contributed by atoms with Crippen LogP contribution in [0.1, 0.15) is 20.3 Å². The number of halogens is 1. The fourth-order valence-electron chi connectivity index (χ4n) is 3.34. The van der Waals surface area contributed by atoms with Crippen molar-refractivity contribution in [1.82, 2.24) is 10.2 Å². The number of rotatable bonds is 6.